The molecular weight excluding hydrogens is 377 g/mol. The van der Waals surface area contributed by atoms with Crippen molar-refractivity contribution in [2.75, 3.05) is 6.54 Å². The van der Waals surface area contributed by atoms with E-state index in [1.165, 1.54) is 11.1 Å². The van der Waals surface area contributed by atoms with Crippen molar-refractivity contribution in [1.82, 2.24) is 20.2 Å². The molecular formula is C15H20IN5. The Labute approximate surface area is 141 Å². The van der Waals surface area contributed by atoms with E-state index >= 15 is 0 Å². The third kappa shape index (κ3) is 4.20. The van der Waals surface area contributed by atoms with Crippen molar-refractivity contribution in [3.05, 3.63) is 54.1 Å². The molecule has 112 valence electrons. The van der Waals surface area contributed by atoms with Crippen molar-refractivity contribution < 1.29 is 0 Å². The molecule has 21 heavy (non-hydrogen) atoms. The summed E-state index contributed by atoms with van der Waals surface area (Å²) < 4.78 is 2.08. The second-order valence-corrected chi connectivity index (χ2v) is 5.09. The Balaban J connectivity index is 0.00000161. The first kappa shape index (κ1) is 15.8. The van der Waals surface area contributed by atoms with E-state index in [4.69, 9.17) is 0 Å². The zero-order chi connectivity index (χ0) is 13.8. The van der Waals surface area contributed by atoms with Crippen LogP contribution in [0, 0.1) is 0 Å². The molecule has 2 N–H and O–H groups in total. The van der Waals surface area contributed by atoms with Crippen molar-refractivity contribution >= 4 is 29.9 Å². The Bertz CT molecular complexity index is 594. The minimum absolute atomic E-state index is 0. The van der Waals surface area contributed by atoms with E-state index in [1.54, 1.807) is 6.20 Å². The average molecular weight is 397 g/mol. The summed E-state index contributed by atoms with van der Waals surface area (Å²) in [5.41, 5.74) is 2.58. The summed E-state index contributed by atoms with van der Waals surface area (Å²) in [6, 6.07) is 8.88. The van der Waals surface area contributed by atoms with Crippen molar-refractivity contribution in [2.45, 2.75) is 26.1 Å². The quantitative estimate of drug-likeness (QED) is 0.777. The lowest BCUT2D eigenvalue weighted by Crippen LogP contribution is -2.37. The molecule has 3 rings (SSSR count). The summed E-state index contributed by atoms with van der Waals surface area (Å²) in [5.74, 6) is 0.898. The van der Waals surface area contributed by atoms with Crippen molar-refractivity contribution in [3.63, 3.8) is 0 Å². The van der Waals surface area contributed by atoms with Crippen LogP contribution >= 0.6 is 24.0 Å². The molecule has 0 bridgehead atoms. The number of hydrogen-bond acceptors (Lipinski definition) is 4. The fourth-order valence-electron chi connectivity index (χ4n) is 2.30. The minimum atomic E-state index is 0. The van der Waals surface area contributed by atoms with Crippen LogP contribution in [0.2, 0.25) is 0 Å². The standard InChI is InChI=1S/C15H19N5.HI/c1-12-8-17-15(19-12)18-9-13-4-2-3-5-14(13)10-20-7-6-16-11-20;/h2-7,11-12H,8-10H2,1H3,(H2,17,18,19);1H. The fraction of sp³-hybridized carbons (Fsp3) is 0.333. The first-order chi connectivity index (χ1) is 9.81. The molecule has 1 aliphatic heterocycles. The first-order valence-electron chi connectivity index (χ1n) is 6.88. The van der Waals surface area contributed by atoms with Gasteiger partial charge in [-0.1, -0.05) is 24.3 Å². The summed E-state index contributed by atoms with van der Waals surface area (Å²) in [4.78, 5) is 8.50. The van der Waals surface area contributed by atoms with Crippen LogP contribution in [0.5, 0.6) is 0 Å². The number of nitrogens with one attached hydrogen (secondary N) is 2. The van der Waals surface area contributed by atoms with Gasteiger partial charge in [0.05, 0.1) is 12.9 Å². The lowest BCUT2D eigenvalue weighted by atomic mass is 10.1. The number of rotatable bonds is 4. The van der Waals surface area contributed by atoms with Gasteiger partial charge in [0.2, 0.25) is 0 Å². The number of aliphatic imine (C=N–C) groups is 1. The molecule has 0 radical (unpaired) electrons. The van der Waals surface area contributed by atoms with Gasteiger partial charge in [0.25, 0.3) is 0 Å². The Morgan fingerprint density at radius 3 is 2.81 bits per heavy atom. The fourth-order valence-corrected chi connectivity index (χ4v) is 2.30. The lowest BCUT2D eigenvalue weighted by Gasteiger charge is -2.12. The zero-order valence-corrected chi connectivity index (χ0v) is 14.3. The van der Waals surface area contributed by atoms with Gasteiger partial charge in [0, 0.05) is 31.5 Å². The molecule has 0 amide bonds. The number of imidazole rings is 1. The molecule has 1 aliphatic rings. The maximum absolute atomic E-state index is 4.42. The van der Waals surface area contributed by atoms with Crippen LogP contribution in [0.15, 0.2) is 48.0 Å². The predicted molar refractivity (Wildman–Crippen MR) is 94.9 cm³/mol. The molecule has 0 fully saturated rings. The summed E-state index contributed by atoms with van der Waals surface area (Å²) in [5, 5.41) is 6.68. The van der Waals surface area contributed by atoms with Crippen LogP contribution in [0.4, 0.5) is 0 Å². The van der Waals surface area contributed by atoms with E-state index in [0.717, 1.165) is 25.6 Å². The molecule has 1 unspecified atom stereocenters. The number of aromatic nitrogens is 2. The largest absolute Gasteiger partial charge is 0.352 e. The molecule has 2 aromatic rings. The third-order valence-corrected chi connectivity index (χ3v) is 3.38. The number of nitrogens with zero attached hydrogens (tertiary/aromatic N) is 3. The Hall–Kier alpha value is -1.57. The van der Waals surface area contributed by atoms with Crippen molar-refractivity contribution in [2.24, 2.45) is 4.99 Å². The van der Waals surface area contributed by atoms with Crippen LogP contribution in [-0.4, -0.2) is 28.1 Å². The molecule has 2 heterocycles. The maximum atomic E-state index is 4.42. The first-order valence-corrected chi connectivity index (χ1v) is 6.88. The highest BCUT2D eigenvalue weighted by molar-refractivity contribution is 14.0. The van der Waals surface area contributed by atoms with Crippen LogP contribution in [0.3, 0.4) is 0 Å². The molecule has 0 saturated carbocycles. The Kier molecular flexibility index (Phi) is 5.60. The van der Waals surface area contributed by atoms with Crippen molar-refractivity contribution in [3.8, 4) is 0 Å². The van der Waals surface area contributed by atoms with Crippen LogP contribution in [0.1, 0.15) is 18.1 Å². The van der Waals surface area contributed by atoms with Gasteiger partial charge in [0.1, 0.15) is 0 Å². The smallest absolute Gasteiger partial charge is 0.191 e. The molecule has 1 aromatic heterocycles. The molecule has 0 aliphatic carbocycles. The average Bonchev–Trinajstić information content (AvgIpc) is 3.10. The number of guanidine groups is 1. The maximum Gasteiger partial charge on any atom is 0.191 e. The van der Waals surface area contributed by atoms with Crippen LogP contribution in [0.25, 0.3) is 0 Å². The highest BCUT2D eigenvalue weighted by Crippen LogP contribution is 2.10. The number of halogens is 1. The van der Waals surface area contributed by atoms with Gasteiger partial charge in [-0.05, 0) is 18.1 Å². The summed E-state index contributed by atoms with van der Waals surface area (Å²) >= 11 is 0. The van der Waals surface area contributed by atoms with E-state index in [9.17, 15) is 0 Å². The van der Waals surface area contributed by atoms with Gasteiger partial charge in [-0.25, -0.2) is 4.98 Å². The Morgan fingerprint density at radius 2 is 2.14 bits per heavy atom. The van der Waals surface area contributed by atoms with Gasteiger partial charge < -0.3 is 15.2 Å². The van der Waals surface area contributed by atoms with Crippen molar-refractivity contribution in [1.29, 1.82) is 0 Å². The molecule has 1 aromatic carbocycles. The van der Waals surface area contributed by atoms with E-state index in [2.05, 4.69) is 56.4 Å². The van der Waals surface area contributed by atoms with Crippen LogP contribution in [-0.2, 0) is 13.1 Å². The number of benzene rings is 1. The summed E-state index contributed by atoms with van der Waals surface area (Å²) in [6.45, 7) is 4.60. The monoisotopic (exact) mass is 397 g/mol. The highest BCUT2D eigenvalue weighted by Gasteiger charge is 2.12. The van der Waals surface area contributed by atoms with Crippen LogP contribution < -0.4 is 10.6 Å². The van der Waals surface area contributed by atoms with E-state index in [-0.39, 0.29) is 24.0 Å². The molecule has 1 atom stereocenters. The molecule has 6 heteroatoms. The lowest BCUT2D eigenvalue weighted by molar-refractivity contribution is 0.711. The third-order valence-electron chi connectivity index (χ3n) is 3.38. The topological polar surface area (TPSA) is 54.2 Å². The second kappa shape index (κ2) is 7.44. The minimum Gasteiger partial charge on any atom is -0.352 e. The zero-order valence-electron chi connectivity index (χ0n) is 12.0. The van der Waals surface area contributed by atoms with Gasteiger partial charge in [0.15, 0.2) is 5.96 Å². The predicted octanol–water partition coefficient (Wildman–Crippen LogP) is 1.99. The van der Waals surface area contributed by atoms with E-state index in [1.807, 2.05) is 12.5 Å². The van der Waals surface area contributed by atoms with Gasteiger partial charge >= 0.3 is 0 Å². The Morgan fingerprint density at radius 1 is 1.33 bits per heavy atom. The molecule has 5 nitrogen and oxygen atoms in total. The highest BCUT2D eigenvalue weighted by atomic mass is 127. The SMILES string of the molecule is CC1CN=C(NCc2ccccc2Cn2ccnc2)N1.I. The van der Waals surface area contributed by atoms with Gasteiger partial charge in [-0.3, -0.25) is 4.99 Å². The molecule has 0 spiro atoms. The van der Waals surface area contributed by atoms with Gasteiger partial charge in [-0.2, -0.15) is 0 Å². The second-order valence-electron chi connectivity index (χ2n) is 5.09. The number of hydrogen-bond donors (Lipinski definition) is 2. The summed E-state index contributed by atoms with van der Waals surface area (Å²) in [7, 11) is 0. The normalized spacial score (nSPS) is 16.8. The van der Waals surface area contributed by atoms with E-state index in [0.29, 0.717) is 6.04 Å². The molecule has 0 saturated heterocycles. The summed E-state index contributed by atoms with van der Waals surface area (Å²) in [6.07, 6.45) is 5.63. The van der Waals surface area contributed by atoms with E-state index < -0.39 is 0 Å². The van der Waals surface area contributed by atoms with Gasteiger partial charge in [-0.15, -0.1) is 24.0 Å².